The average Bonchev–Trinajstić information content (AvgIpc) is 2.80. The van der Waals surface area contributed by atoms with Gasteiger partial charge in [0.05, 0.1) is 6.61 Å². The molecule has 0 aromatic heterocycles. The second-order valence-corrected chi connectivity index (χ2v) is 10.7. The van der Waals surface area contributed by atoms with E-state index in [9.17, 15) is 0 Å². The van der Waals surface area contributed by atoms with Gasteiger partial charge in [-0.25, -0.2) is 0 Å². The summed E-state index contributed by atoms with van der Waals surface area (Å²) in [7, 11) is 0. The standard InChI is InChI=1S/C29H44N2OS/c1-8-28(4,5)24-16-17-26(25(20-24)29(6,7)9-2)32-19-11-10-18-30-27(33)31-21-23-14-12-22(3)13-15-23/h12-17,20H,8-11,18-19,21H2,1-7H3,(H2,30,31,33). The lowest BCUT2D eigenvalue weighted by Crippen LogP contribution is -2.35. The molecule has 2 rings (SSSR count). The first kappa shape index (κ1) is 27.2. The van der Waals surface area contributed by atoms with Crippen LogP contribution >= 0.6 is 12.2 Å². The molecule has 0 saturated carbocycles. The van der Waals surface area contributed by atoms with Crippen LogP contribution in [-0.4, -0.2) is 18.3 Å². The van der Waals surface area contributed by atoms with Gasteiger partial charge in [-0.1, -0.05) is 83.5 Å². The Bertz CT molecular complexity index is 887. The molecule has 0 unspecified atom stereocenters. The molecule has 33 heavy (non-hydrogen) atoms. The molecule has 0 spiro atoms. The monoisotopic (exact) mass is 468 g/mol. The van der Waals surface area contributed by atoms with Gasteiger partial charge in [0, 0.05) is 18.7 Å². The summed E-state index contributed by atoms with van der Waals surface area (Å²) in [5, 5.41) is 7.29. The van der Waals surface area contributed by atoms with Crippen LogP contribution in [0, 0.1) is 6.92 Å². The maximum atomic E-state index is 6.27. The van der Waals surface area contributed by atoms with Gasteiger partial charge in [-0.3, -0.25) is 0 Å². The second-order valence-electron chi connectivity index (χ2n) is 10.3. The highest BCUT2D eigenvalue weighted by molar-refractivity contribution is 7.80. The van der Waals surface area contributed by atoms with Crippen LogP contribution < -0.4 is 15.4 Å². The van der Waals surface area contributed by atoms with E-state index in [-0.39, 0.29) is 10.8 Å². The minimum absolute atomic E-state index is 0.0893. The Balaban J connectivity index is 1.80. The molecule has 0 amide bonds. The zero-order chi connectivity index (χ0) is 24.5. The zero-order valence-electron chi connectivity index (χ0n) is 21.8. The van der Waals surface area contributed by atoms with E-state index < -0.39 is 0 Å². The fourth-order valence-electron chi connectivity index (χ4n) is 3.56. The first-order chi connectivity index (χ1) is 15.6. The highest BCUT2D eigenvalue weighted by atomic mass is 32.1. The Kier molecular flexibility index (Phi) is 10.2. The Hall–Kier alpha value is -2.07. The van der Waals surface area contributed by atoms with Crippen LogP contribution in [0.15, 0.2) is 42.5 Å². The summed E-state index contributed by atoms with van der Waals surface area (Å²) < 4.78 is 6.27. The van der Waals surface area contributed by atoms with E-state index in [4.69, 9.17) is 17.0 Å². The lowest BCUT2D eigenvalue weighted by Gasteiger charge is -2.30. The van der Waals surface area contributed by atoms with Crippen molar-refractivity contribution in [1.82, 2.24) is 10.6 Å². The van der Waals surface area contributed by atoms with Gasteiger partial charge in [-0.2, -0.15) is 0 Å². The number of aryl methyl sites for hydroxylation is 1. The maximum Gasteiger partial charge on any atom is 0.166 e. The van der Waals surface area contributed by atoms with Crippen LogP contribution in [-0.2, 0) is 17.4 Å². The Labute approximate surface area is 207 Å². The SMILES string of the molecule is CCC(C)(C)c1ccc(OCCCCNC(=S)NCc2ccc(C)cc2)c(C(C)(C)CC)c1. The number of hydrogen-bond acceptors (Lipinski definition) is 2. The molecule has 0 atom stereocenters. The summed E-state index contributed by atoms with van der Waals surface area (Å²) in [5.74, 6) is 1.03. The third kappa shape index (κ3) is 8.33. The minimum Gasteiger partial charge on any atom is -0.493 e. The van der Waals surface area contributed by atoms with Crippen molar-refractivity contribution in [2.24, 2.45) is 0 Å². The lowest BCUT2D eigenvalue weighted by molar-refractivity contribution is 0.296. The summed E-state index contributed by atoms with van der Waals surface area (Å²) in [6.07, 6.45) is 4.20. The van der Waals surface area contributed by atoms with Crippen molar-refractivity contribution >= 4 is 17.3 Å². The first-order valence-electron chi connectivity index (χ1n) is 12.4. The van der Waals surface area contributed by atoms with E-state index in [1.165, 1.54) is 22.3 Å². The third-order valence-electron chi connectivity index (χ3n) is 6.95. The largest absolute Gasteiger partial charge is 0.493 e. The van der Waals surface area contributed by atoms with E-state index in [2.05, 4.69) is 102 Å². The van der Waals surface area contributed by atoms with Crippen LogP contribution in [0.2, 0.25) is 0 Å². The third-order valence-corrected chi connectivity index (χ3v) is 7.23. The van der Waals surface area contributed by atoms with E-state index in [0.717, 1.165) is 44.5 Å². The summed E-state index contributed by atoms with van der Waals surface area (Å²) in [6.45, 7) is 18.2. The van der Waals surface area contributed by atoms with Crippen LogP contribution in [0.4, 0.5) is 0 Å². The molecule has 0 bridgehead atoms. The zero-order valence-corrected chi connectivity index (χ0v) is 22.6. The number of rotatable bonds is 12. The predicted molar refractivity (Wildman–Crippen MR) is 146 cm³/mol. The van der Waals surface area contributed by atoms with Crippen LogP contribution in [0.25, 0.3) is 0 Å². The molecule has 4 heteroatoms. The van der Waals surface area contributed by atoms with Gasteiger partial charge in [0.25, 0.3) is 0 Å². The fourth-order valence-corrected chi connectivity index (χ4v) is 3.74. The lowest BCUT2D eigenvalue weighted by atomic mass is 9.76. The molecule has 2 aromatic rings. The maximum absolute atomic E-state index is 6.27. The fraction of sp³-hybridized carbons (Fsp3) is 0.552. The molecule has 0 fully saturated rings. The smallest absolute Gasteiger partial charge is 0.166 e. The minimum atomic E-state index is 0.0893. The van der Waals surface area contributed by atoms with Crippen LogP contribution in [0.3, 0.4) is 0 Å². The number of hydrogen-bond donors (Lipinski definition) is 2. The van der Waals surface area contributed by atoms with E-state index in [0.29, 0.717) is 11.7 Å². The number of benzene rings is 2. The van der Waals surface area contributed by atoms with Gasteiger partial charge in [-0.15, -0.1) is 0 Å². The van der Waals surface area contributed by atoms with Crippen molar-refractivity contribution in [3.63, 3.8) is 0 Å². The molecule has 0 saturated heterocycles. The summed E-state index contributed by atoms with van der Waals surface area (Å²) >= 11 is 5.40. The summed E-state index contributed by atoms with van der Waals surface area (Å²) in [6, 6.07) is 15.3. The van der Waals surface area contributed by atoms with E-state index in [1.807, 2.05) is 0 Å². The van der Waals surface area contributed by atoms with Crippen LogP contribution in [0.1, 0.15) is 89.5 Å². The van der Waals surface area contributed by atoms with Crippen molar-refractivity contribution in [2.75, 3.05) is 13.2 Å². The highest BCUT2D eigenvalue weighted by Gasteiger charge is 2.26. The van der Waals surface area contributed by atoms with Gasteiger partial charge in [-0.05, 0) is 72.8 Å². The number of ether oxygens (including phenoxy) is 1. The van der Waals surface area contributed by atoms with Crippen molar-refractivity contribution in [1.29, 1.82) is 0 Å². The summed E-state index contributed by atoms with van der Waals surface area (Å²) in [5.41, 5.74) is 5.49. The first-order valence-corrected chi connectivity index (χ1v) is 12.8. The number of nitrogens with one attached hydrogen (secondary N) is 2. The van der Waals surface area contributed by atoms with Crippen molar-refractivity contribution in [2.45, 2.75) is 91.5 Å². The predicted octanol–water partition coefficient (Wildman–Crippen LogP) is 7.19. The summed E-state index contributed by atoms with van der Waals surface area (Å²) in [4.78, 5) is 0. The van der Waals surface area contributed by atoms with Gasteiger partial charge in [0.1, 0.15) is 5.75 Å². The second kappa shape index (κ2) is 12.4. The van der Waals surface area contributed by atoms with Crippen molar-refractivity contribution in [3.05, 3.63) is 64.7 Å². The van der Waals surface area contributed by atoms with Gasteiger partial charge in [0.15, 0.2) is 5.11 Å². The quantitative estimate of drug-likeness (QED) is 0.255. The van der Waals surface area contributed by atoms with E-state index in [1.54, 1.807) is 0 Å². The van der Waals surface area contributed by atoms with Gasteiger partial charge >= 0.3 is 0 Å². The molecule has 0 radical (unpaired) electrons. The highest BCUT2D eigenvalue weighted by Crippen LogP contribution is 2.38. The molecule has 2 N–H and O–H groups in total. The molecular formula is C29H44N2OS. The average molecular weight is 469 g/mol. The Morgan fingerprint density at radius 1 is 0.879 bits per heavy atom. The molecule has 182 valence electrons. The van der Waals surface area contributed by atoms with E-state index >= 15 is 0 Å². The molecule has 3 nitrogen and oxygen atoms in total. The van der Waals surface area contributed by atoms with Gasteiger partial charge < -0.3 is 15.4 Å². The van der Waals surface area contributed by atoms with Gasteiger partial charge in [0.2, 0.25) is 0 Å². The number of thiocarbonyl (C=S) groups is 1. The molecule has 2 aromatic carbocycles. The van der Waals surface area contributed by atoms with Crippen molar-refractivity contribution < 1.29 is 4.74 Å². The van der Waals surface area contributed by atoms with Crippen LogP contribution in [0.5, 0.6) is 5.75 Å². The van der Waals surface area contributed by atoms with Crippen molar-refractivity contribution in [3.8, 4) is 5.75 Å². The molecule has 0 heterocycles. The molecule has 0 aliphatic heterocycles. The Morgan fingerprint density at radius 3 is 2.18 bits per heavy atom. The molecule has 0 aliphatic rings. The molecular weight excluding hydrogens is 424 g/mol. The topological polar surface area (TPSA) is 33.3 Å². The Morgan fingerprint density at radius 2 is 1.55 bits per heavy atom. The number of unbranched alkanes of at least 4 members (excludes halogenated alkanes) is 1. The normalized spacial score (nSPS) is 11.8. The molecule has 0 aliphatic carbocycles.